The molecule has 6 heavy (non-hydrogen) atoms. The van der Waals surface area contributed by atoms with Crippen LogP contribution in [-0.4, -0.2) is 19.5 Å². The Kier molecular flexibility index (Phi) is 4.73. The maximum atomic E-state index is 3.75. The molecular formula is C3H2NNaSe. The van der Waals surface area contributed by atoms with Crippen molar-refractivity contribution in [3.63, 3.8) is 0 Å². The Morgan fingerprint density at radius 3 is 2.67 bits per heavy atom. The zero-order chi connectivity index (χ0) is 3.54. The van der Waals surface area contributed by atoms with E-state index < -0.39 is 0 Å². The molecule has 0 saturated heterocycles. The SMILES string of the molecule is [Na+].[c-]1cnc[se]1. The Morgan fingerprint density at radius 2 is 2.50 bits per heavy atom. The van der Waals surface area contributed by atoms with Crippen molar-refractivity contribution in [2.75, 3.05) is 0 Å². The molecule has 0 aliphatic carbocycles. The molecule has 0 aromatic carbocycles. The average molecular weight is 154 g/mol. The molecule has 0 spiro atoms. The van der Waals surface area contributed by atoms with E-state index >= 15 is 0 Å². The number of aromatic nitrogens is 1. The summed E-state index contributed by atoms with van der Waals surface area (Å²) < 4.78 is 0. The molecule has 0 fully saturated rings. The summed E-state index contributed by atoms with van der Waals surface area (Å²) in [6.07, 6.45) is 1.71. The van der Waals surface area contributed by atoms with Crippen LogP contribution in [0.2, 0.25) is 0 Å². The Bertz CT molecular complexity index is 67.3. The molecule has 0 bridgehead atoms. The van der Waals surface area contributed by atoms with E-state index in [2.05, 4.69) is 9.92 Å². The summed E-state index contributed by atoms with van der Waals surface area (Å²) in [6, 6.07) is 0. The van der Waals surface area contributed by atoms with Crippen LogP contribution in [0.4, 0.5) is 0 Å². The van der Waals surface area contributed by atoms with Gasteiger partial charge in [0.15, 0.2) is 0 Å². The topological polar surface area (TPSA) is 12.9 Å². The molecule has 26 valence electrons. The normalized spacial score (nSPS) is 6.67. The summed E-state index contributed by atoms with van der Waals surface area (Å²) in [6.45, 7) is 0. The van der Waals surface area contributed by atoms with Crippen molar-refractivity contribution in [2.24, 2.45) is 0 Å². The second-order valence-electron chi connectivity index (χ2n) is 0.619. The van der Waals surface area contributed by atoms with Gasteiger partial charge in [0.2, 0.25) is 0 Å². The van der Waals surface area contributed by atoms with Crippen LogP contribution in [-0.2, 0) is 0 Å². The number of hydrogen-bond donors (Lipinski definition) is 0. The predicted octanol–water partition coefficient (Wildman–Crippen LogP) is -3.06. The van der Waals surface area contributed by atoms with Crippen molar-refractivity contribution in [1.29, 1.82) is 0 Å². The van der Waals surface area contributed by atoms with Crippen LogP contribution >= 0.6 is 0 Å². The van der Waals surface area contributed by atoms with Crippen LogP contribution in [0.15, 0.2) is 11.3 Å². The second-order valence-corrected chi connectivity index (χ2v) is 2.05. The second kappa shape index (κ2) is 4.10. The Hall–Kier alpha value is 0.929. The van der Waals surface area contributed by atoms with Gasteiger partial charge in [0.1, 0.15) is 0 Å². The average Bonchev–Trinajstić information content (AvgIpc) is 1.76. The molecule has 0 amide bonds. The fraction of sp³-hybridized carbons (Fsp3) is 0. The predicted molar refractivity (Wildman–Crippen MR) is 20.0 cm³/mol. The van der Waals surface area contributed by atoms with Gasteiger partial charge in [0, 0.05) is 0 Å². The summed E-state index contributed by atoms with van der Waals surface area (Å²) >= 11 is 0.472. The van der Waals surface area contributed by atoms with Gasteiger partial charge in [-0.15, -0.1) is 0 Å². The Balaban J connectivity index is 0.000000250. The van der Waals surface area contributed by atoms with E-state index in [4.69, 9.17) is 0 Å². The molecular weight excluding hydrogens is 152 g/mol. The van der Waals surface area contributed by atoms with Crippen LogP contribution in [0.5, 0.6) is 0 Å². The van der Waals surface area contributed by atoms with Gasteiger partial charge in [-0.1, -0.05) is 0 Å². The van der Waals surface area contributed by atoms with Crippen LogP contribution in [0.25, 0.3) is 0 Å². The first kappa shape index (κ1) is 6.93. The number of rotatable bonds is 0. The van der Waals surface area contributed by atoms with Crippen LogP contribution in [0, 0.1) is 4.94 Å². The zero-order valence-corrected chi connectivity index (χ0v) is 7.22. The first-order chi connectivity index (χ1) is 2.50. The van der Waals surface area contributed by atoms with Crippen molar-refractivity contribution in [3.05, 3.63) is 16.2 Å². The summed E-state index contributed by atoms with van der Waals surface area (Å²) in [4.78, 5) is 6.69. The zero-order valence-electron chi connectivity index (χ0n) is 3.51. The summed E-state index contributed by atoms with van der Waals surface area (Å²) in [7, 11) is 0. The molecule has 0 N–H and O–H groups in total. The minimum absolute atomic E-state index is 0. The van der Waals surface area contributed by atoms with Gasteiger partial charge >= 0.3 is 65.3 Å². The van der Waals surface area contributed by atoms with Gasteiger partial charge in [0.25, 0.3) is 0 Å². The van der Waals surface area contributed by atoms with Gasteiger partial charge in [-0.25, -0.2) is 0 Å². The van der Waals surface area contributed by atoms with E-state index in [9.17, 15) is 0 Å². The van der Waals surface area contributed by atoms with Crippen molar-refractivity contribution in [2.45, 2.75) is 0 Å². The Labute approximate surface area is 64.8 Å². The van der Waals surface area contributed by atoms with E-state index in [0.717, 1.165) is 0 Å². The minimum atomic E-state index is 0. The molecule has 0 unspecified atom stereocenters. The van der Waals surface area contributed by atoms with Crippen molar-refractivity contribution in [1.82, 2.24) is 4.98 Å². The molecule has 0 aliphatic heterocycles. The third kappa shape index (κ3) is 2.16. The van der Waals surface area contributed by atoms with Crippen molar-refractivity contribution >= 4 is 14.5 Å². The molecule has 1 rings (SSSR count). The fourth-order valence-electron chi connectivity index (χ4n) is 0.152. The van der Waals surface area contributed by atoms with E-state index in [1.165, 1.54) is 0 Å². The molecule has 1 aromatic heterocycles. The van der Waals surface area contributed by atoms with E-state index in [0.29, 0.717) is 14.5 Å². The molecule has 0 aliphatic rings. The first-order valence-corrected chi connectivity index (χ1v) is 3.09. The van der Waals surface area contributed by atoms with E-state index in [-0.39, 0.29) is 29.6 Å². The summed E-state index contributed by atoms with van der Waals surface area (Å²) in [5.74, 6) is 0. The van der Waals surface area contributed by atoms with Gasteiger partial charge in [-0.05, 0) is 0 Å². The molecule has 1 aromatic rings. The standard InChI is InChI=1S/C3H2NSe.Na/c1-2-5-3-4-1;/h1,3H;/q-1;+1. The molecule has 3 heteroatoms. The molecule has 1 heterocycles. The molecule has 0 saturated carbocycles. The molecule has 0 radical (unpaired) electrons. The van der Waals surface area contributed by atoms with Crippen molar-refractivity contribution in [3.8, 4) is 0 Å². The van der Waals surface area contributed by atoms with E-state index in [1.807, 2.05) is 5.07 Å². The van der Waals surface area contributed by atoms with Gasteiger partial charge in [-0.3, -0.25) is 0 Å². The van der Waals surface area contributed by atoms with Crippen LogP contribution in [0.3, 0.4) is 0 Å². The molecule has 1 nitrogen and oxygen atoms in total. The van der Waals surface area contributed by atoms with Crippen LogP contribution in [0.1, 0.15) is 0 Å². The molecule has 0 atom stereocenters. The fourth-order valence-corrected chi connectivity index (χ4v) is 0.791. The maximum absolute atomic E-state index is 3.75. The first-order valence-electron chi connectivity index (χ1n) is 1.24. The third-order valence-corrected chi connectivity index (χ3v) is 1.29. The Morgan fingerprint density at radius 1 is 1.67 bits per heavy atom. The van der Waals surface area contributed by atoms with Crippen molar-refractivity contribution < 1.29 is 29.6 Å². The van der Waals surface area contributed by atoms with E-state index in [1.54, 1.807) is 6.20 Å². The monoisotopic (exact) mass is 155 g/mol. The van der Waals surface area contributed by atoms with Gasteiger partial charge in [-0.2, -0.15) is 0 Å². The number of hydrogen-bond acceptors (Lipinski definition) is 1. The quantitative estimate of drug-likeness (QED) is 0.285. The third-order valence-electron chi connectivity index (χ3n) is 0.309. The van der Waals surface area contributed by atoms with Gasteiger partial charge < -0.3 is 0 Å². The van der Waals surface area contributed by atoms with Gasteiger partial charge in [0.05, 0.1) is 0 Å². The number of nitrogens with zero attached hydrogens (tertiary/aromatic N) is 1. The summed E-state index contributed by atoms with van der Waals surface area (Å²) in [5.41, 5.74) is 0. The summed E-state index contributed by atoms with van der Waals surface area (Å²) in [5, 5.41) is 1.88. The van der Waals surface area contributed by atoms with Crippen LogP contribution < -0.4 is 29.6 Å².